The second kappa shape index (κ2) is 18.1. The van der Waals surface area contributed by atoms with Gasteiger partial charge in [-0.05, 0) is 25.7 Å². The third-order valence-corrected chi connectivity index (χ3v) is 14.6. The SMILES string of the molecule is Nc1ncnc2c1ncn2[C@@H]1O[C@H](COP(=O)(O)OP(=O)(O)OP(=O)(O)NCCCCCCNC(=O)CCCC[C@@H]2SC[C@@H]3NC(=O)N[C@@H]32)[C@@H](O)[C@H]1O. The third-order valence-electron chi connectivity index (χ3n) is 8.64. The van der Waals surface area contributed by atoms with Crippen LogP contribution in [-0.2, 0) is 36.4 Å². The van der Waals surface area contributed by atoms with Crippen molar-refractivity contribution in [2.45, 2.75) is 93.2 Å². The Kier molecular flexibility index (Phi) is 14.3. The average Bonchev–Trinajstić information content (AvgIpc) is 3.83. The van der Waals surface area contributed by atoms with E-state index in [1.54, 1.807) is 0 Å². The molecule has 3 aliphatic rings. The van der Waals surface area contributed by atoms with Crippen molar-refractivity contribution in [3.05, 3.63) is 12.7 Å². The lowest BCUT2D eigenvalue weighted by atomic mass is 10.0. The molecule has 3 amide bonds. The Morgan fingerprint density at radius 1 is 1.00 bits per heavy atom. The molecule has 0 radical (unpaired) electrons. The van der Waals surface area contributed by atoms with Gasteiger partial charge in [0.1, 0.15) is 30.2 Å². The molecule has 0 saturated carbocycles. The van der Waals surface area contributed by atoms with Gasteiger partial charge < -0.3 is 51.3 Å². The first-order chi connectivity index (χ1) is 25.0. The smallest absolute Gasteiger partial charge is 0.387 e. The van der Waals surface area contributed by atoms with Crippen LogP contribution >= 0.6 is 35.2 Å². The van der Waals surface area contributed by atoms with Crippen LogP contribution in [0.5, 0.6) is 0 Å². The lowest BCUT2D eigenvalue weighted by Gasteiger charge is -2.20. The van der Waals surface area contributed by atoms with Crippen LogP contribution in [-0.4, -0.2) is 117 Å². The number of carbonyl (C=O) groups excluding carboxylic acids is 2. The highest BCUT2D eigenvalue weighted by molar-refractivity contribution is 8.00. The molecule has 2 aromatic rings. The molecule has 23 nitrogen and oxygen atoms in total. The highest BCUT2D eigenvalue weighted by atomic mass is 32.2. The number of thioether (sulfide) groups is 1. The summed E-state index contributed by atoms with van der Waals surface area (Å²) < 4.78 is 56.8. The molecule has 27 heteroatoms. The molecule has 11 N–H and O–H groups in total. The molecule has 0 bridgehead atoms. The fraction of sp³-hybridized carbons (Fsp3) is 0.731. The van der Waals surface area contributed by atoms with E-state index in [0.29, 0.717) is 43.9 Å². The van der Waals surface area contributed by atoms with Crippen LogP contribution in [0.2, 0.25) is 0 Å². The lowest BCUT2D eigenvalue weighted by molar-refractivity contribution is -0.121. The van der Waals surface area contributed by atoms with Crippen molar-refractivity contribution in [1.82, 2.24) is 40.6 Å². The fourth-order valence-electron chi connectivity index (χ4n) is 6.07. The number of fused-ring (bicyclic) bond motifs is 2. The number of nitrogens with one attached hydrogen (secondary N) is 4. The zero-order valence-corrected chi connectivity index (χ0v) is 31.7. The summed E-state index contributed by atoms with van der Waals surface area (Å²) >= 11 is 1.84. The van der Waals surface area contributed by atoms with E-state index in [-0.39, 0.29) is 47.5 Å². The first-order valence-electron chi connectivity index (χ1n) is 16.7. The summed E-state index contributed by atoms with van der Waals surface area (Å²) in [6.07, 6.45) is 1.54. The molecule has 3 fully saturated rings. The van der Waals surface area contributed by atoms with Gasteiger partial charge in [0.25, 0.3) is 0 Å². The molecule has 0 aliphatic carbocycles. The Bertz CT molecular complexity index is 1740. The standard InChI is InChI=1S/C26H44N9O14P3S/c27-23-20-24(30-13-29-23)35(14-31-20)25-22(38)21(37)16(47-25)11-46-51(42,43)49-52(44,45)48-50(40,41)32-10-6-2-1-5-9-28-18(36)8-4-3-7-17-19-15(12-53-17)33-26(39)34-19/h13-17,19,21-22,25,37-38H,1-12H2,(H,28,36)(H,42,43)(H,44,45)(H2,27,29,30)(H2,32,40,41)(H2,33,34,39)/t15-,16+,17-,19-,21+,22+,25+/m0/s1. The number of hydrogen-bond donors (Lipinski definition) is 10. The molecule has 5 rings (SSSR count). The molecular formula is C26H44N9O14P3S. The first-order valence-corrected chi connectivity index (χ1v) is 22.4. The van der Waals surface area contributed by atoms with Gasteiger partial charge in [0.15, 0.2) is 17.7 Å². The summed E-state index contributed by atoms with van der Waals surface area (Å²) in [5, 5.41) is 32.1. The normalized spacial score (nSPS) is 28.8. The Labute approximate surface area is 307 Å². The van der Waals surface area contributed by atoms with Crippen molar-refractivity contribution >= 4 is 64.1 Å². The van der Waals surface area contributed by atoms with Crippen LogP contribution in [0.4, 0.5) is 10.6 Å². The van der Waals surface area contributed by atoms with E-state index >= 15 is 0 Å². The second-order valence-electron chi connectivity index (χ2n) is 12.6. The van der Waals surface area contributed by atoms with Crippen LogP contribution in [0, 0.1) is 0 Å². The number of nitrogen functional groups attached to an aromatic ring is 1. The maximum Gasteiger partial charge on any atom is 0.489 e. The van der Waals surface area contributed by atoms with Crippen LogP contribution in [0.15, 0.2) is 12.7 Å². The van der Waals surface area contributed by atoms with Gasteiger partial charge >= 0.3 is 29.4 Å². The molecule has 298 valence electrons. The highest BCUT2D eigenvalue weighted by Gasteiger charge is 2.47. The maximum absolute atomic E-state index is 12.4. The number of ether oxygens (including phenoxy) is 1. The number of unbranched alkanes of at least 4 members (excludes halogenated alkanes) is 4. The zero-order chi connectivity index (χ0) is 38.4. The van der Waals surface area contributed by atoms with Crippen molar-refractivity contribution in [2.24, 2.45) is 0 Å². The number of anilines is 1. The molecule has 3 unspecified atom stereocenters. The summed E-state index contributed by atoms with van der Waals surface area (Å²) in [5.41, 5.74) is 6.10. The van der Waals surface area contributed by atoms with Gasteiger partial charge in [-0.15, -0.1) is 0 Å². The molecule has 10 atom stereocenters. The summed E-state index contributed by atoms with van der Waals surface area (Å²) in [7, 11) is -16.1. The molecular weight excluding hydrogens is 787 g/mol. The molecule has 0 spiro atoms. The molecule has 5 heterocycles. The highest BCUT2D eigenvalue weighted by Crippen LogP contribution is 2.66. The number of nitrogens with zero attached hydrogens (tertiary/aromatic N) is 4. The Morgan fingerprint density at radius 3 is 2.53 bits per heavy atom. The van der Waals surface area contributed by atoms with Crippen LogP contribution in [0.1, 0.15) is 57.6 Å². The van der Waals surface area contributed by atoms with E-state index < -0.39 is 54.5 Å². The third kappa shape index (κ3) is 11.6. The van der Waals surface area contributed by atoms with Gasteiger partial charge in [-0.1, -0.05) is 19.3 Å². The van der Waals surface area contributed by atoms with Gasteiger partial charge in [0.2, 0.25) is 5.91 Å². The minimum absolute atomic E-state index is 0.0454. The molecule has 0 aromatic carbocycles. The van der Waals surface area contributed by atoms with E-state index in [1.165, 1.54) is 10.9 Å². The summed E-state index contributed by atoms with van der Waals surface area (Å²) in [6.45, 7) is -0.604. The predicted octanol–water partition coefficient (Wildman–Crippen LogP) is 0.371. The molecule has 53 heavy (non-hydrogen) atoms. The van der Waals surface area contributed by atoms with Gasteiger partial charge in [0.05, 0.1) is 25.0 Å². The van der Waals surface area contributed by atoms with Crippen molar-refractivity contribution in [3.63, 3.8) is 0 Å². The van der Waals surface area contributed by atoms with Crippen molar-refractivity contribution in [2.75, 3.05) is 31.2 Å². The fourth-order valence-corrected chi connectivity index (χ4v) is 11.4. The molecule has 3 aliphatic heterocycles. The lowest BCUT2D eigenvalue weighted by Crippen LogP contribution is -2.36. The Hall–Kier alpha value is -2.27. The minimum Gasteiger partial charge on any atom is -0.387 e. The van der Waals surface area contributed by atoms with E-state index in [4.69, 9.17) is 10.5 Å². The van der Waals surface area contributed by atoms with Gasteiger partial charge in [0, 0.05) is 30.5 Å². The number of phosphoric acid groups is 2. The first kappa shape index (κ1) is 41.9. The number of amides is 3. The molecule has 2 aromatic heterocycles. The number of phosphoric ester groups is 1. The van der Waals surface area contributed by atoms with Crippen LogP contribution in [0.25, 0.3) is 11.2 Å². The van der Waals surface area contributed by atoms with E-state index in [1.807, 2.05) is 11.8 Å². The quantitative estimate of drug-likeness (QED) is 0.0461. The number of nitrogens with two attached hydrogens (primary N) is 1. The Morgan fingerprint density at radius 2 is 1.75 bits per heavy atom. The largest absolute Gasteiger partial charge is 0.489 e. The number of rotatable bonds is 21. The number of imidazole rings is 1. The number of aliphatic hydroxyl groups is 2. The summed E-state index contributed by atoms with van der Waals surface area (Å²) in [6, 6.07) is 0.205. The number of aromatic nitrogens is 4. The average molecular weight is 832 g/mol. The number of aliphatic hydroxyl groups excluding tert-OH is 2. The molecule has 3 saturated heterocycles. The maximum atomic E-state index is 12.4. The zero-order valence-electron chi connectivity index (χ0n) is 28.2. The van der Waals surface area contributed by atoms with E-state index in [2.05, 4.69) is 49.1 Å². The minimum atomic E-state index is -5.67. The number of carbonyl (C=O) groups is 2. The van der Waals surface area contributed by atoms with Crippen LogP contribution in [0.3, 0.4) is 0 Å². The van der Waals surface area contributed by atoms with E-state index in [9.17, 15) is 48.2 Å². The second-order valence-corrected chi connectivity index (χ2v) is 18.7. The van der Waals surface area contributed by atoms with Gasteiger partial charge in [-0.25, -0.2) is 38.5 Å². The number of urea groups is 1. The Balaban J connectivity index is 0.920. The van der Waals surface area contributed by atoms with Crippen molar-refractivity contribution < 1.29 is 66.1 Å². The summed E-state index contributed by atoms with van der Waals surface area (Å²) in [5.74, 6) is 0.888. The van der Waals surface area contributed by atoms with Gasteiger partial charge in [-0.2, -0.15) is 20.4 Å². The monoisotopic (exact) mass is 831 g/mol. The predicted molar refractivity (Wildman–Crippen MR) is 187 cm³/mol. The van der Waals surface area contributed by atoms with Crippen molar-refractivity contribution in [1.29, 1.82) is 0 Å². The topological polar surface area (TPSA) is 341 Å². The van der Waals surface area contributed by atoms with Gasteiger partial charge in [-0.3, -0.25) is 13.9 Å². The number of hydrogen-bond acceptors (Lipinski definition) is 16. The summed E-state index contributed by atoms with van der Waals surface area (Å²) in [4.78, 5) is 65.3. The van der Waals surface area contributed by atoms with Crippen molar-refractivity contribution in [3.8, 4) is 0 Å². The van der Waals surface area contributed by atoms with Crippen LogP contribution < -0.4 is 26.8 Å². The van der Waals surface area contributed by atoms with E-state index in [0.717, 1.165) is 31.3 Å².